The van der Waals surface area contributed by atoms with Crippen LogP contribution in [0.4, 0.5) is 9.59 Å². The summed E-state index contributed by atoms with van der Waals surface area (Å²) >= 11 is 0. The van der Waals surface area contributed by atoms with Crippen molar-refractivity contribution in [1.82, 2.24) is 35.6 Å². The average molecular weight is 477 g/mol. The topological polar surface area (TPSA) is 174 Å². The van der Waals surface area contributed by atoms with Gasteiger partial charge in [-0.1, -0.05) is 6.92 Å². The van der Waals surface area contributed by atoms with Crippen LogP contribution in [0.15, 0.2) is 0 Å². The molecule has 4 heterocycles. The lowest BCUT2D eigenvalue weighted by atomic mass is 9.75. The van der Waals surface area contributed by atoms with Gasteiger partial charge < -0.3 is 36.4 Å². The number of likely N-dealkylation sites (tertiary alicyclic amines) is 1. The number of guanidine groups is 2. The van der Waals surface area contributed by atoms with Gasteiger partial charge in [-0.15, -0.1) is 0 Å². The Morgan fingerprint density at radius 1 is 1.24 bits per heavy atom. The first-order chi connectivity index (χ1) is 16.0. The van der Waals surface area contributed by atoms with Crippen LogP contribution in [-0.4, -0.2) is 113 Å². The highest BCUT2D eigenvalue weighted by Crippen LogP contribution is 2.41. The third-order valence-corrected chi connectivity index (χ3v) is 7.98. The van der Waals surface area contributed by atoms with Crippen LogP contribution in [0.25, 0.3) is 0 Å². The first kappa shape index (κ1) is 23.9. The third kappa shape index (κ3) is 3.96. The van der Waals surface area contributed by atoms with Crippen molar-refractivity contribution in [2.45, 2.75) is 56.8 Å². The predicted molar refractivity (Wildman–Crippen MR) is 125 cm³/mol. The van der Waals surface area contributed by atoms with Crippen molar-refractivity contribution in [3.8, 4) is 0 Å². The fourth-order valence-corrected chi connectivity index (χ4v) is 5.86. The van der Waals surface area contributed by atoms with Gasteiger partial charge in [0.05, 0.1) is 30.2 Å². The van der Waals surface area contributed by atoms with Gasteiger partial charge in [0.25, 0.3) is 0 Å². The number of hydrogen-bond acceptors (Lipinski definition) is 5. The maximum Gasteiger partial charge on any atom is 0.327 e. The molecule has 4 aliphatic rings. The van der Waals surface area contributed by atoms with Crippen molar-refractivity contribution >= 4 is 29.9 Å². The number of likely N-dealkylation sites (N-methyl/N-ethyl adjacent to an activating group) is 1. The number of nitrogens with zero attached hydrogens (tertiary/aromatic N) is 4. The van der Waals surface area contributed by atoms with Gasteiger partial charge in [-0.25, -0.2) is 9.59 Å². The first-order valence-corrected chi connectivity index (χ1v) is 11.9. The zero-order valence-corrected chi connectivity index (χ0v) is 20.1. The molecule has 4 rings (SSSR count). The molecule has 4 saturated heterocycles. The van der Waals surface area contributed by atoms with E-state index in [9.17, 15) is 14.4 Å². The van der Waals surface area contributed by atoms with Gasteiger partial charge in [0.2, 0.25) is 5.91 Å². The van der Waals surface area contributed by atoms with E-state index in [4.69, 9.17) is 16.6 Å². The van der Waals surface area contributed by atoms with Crippen molar-refractivity contribution in [3.63, 3.8) is 0 Å². The van der Waals surface area contributed by atoms with Gasteiger partial charge in [0, 0.05) is 32.6 Å². The van der Waals surface area contributed by atoms with E-state index in [1.165, 1.54) is 9.80 Å². The number of nitrogens with two attached hydrogens (primary N) is 1. The molecule has 5 atom stereocenters. The molecule has 0 aromatic rings. The number of fused-ring (bicyclic) bond motifs is 1. The molecule has 34 heavy (non-hydrogen) atoms. The van der Waals surface area contributed by atoms with Gasteiger partial charge in [-0.3, -0.25) is 20.5 Å². The quantitative estimate of drug-likeness (QED) is 0.170. The Balaban J connectivity index is 1.57. The van der Waals surface area contributed by atoms with Crippen molar-refractivity contribution in [2.24, 2.45) is 11.7 Å². The fourth-order valence-electron chi connectivity index (χ4n) is 5.86. The highest BCUT2D eigenvalue weighted by molar-refractivity contribution is 6.02. The highest BCUT2D eigenvalue weighted by atomic mass is 16.2. The number of urea groups is 2. The fraction of sp³-hybridized carbons (Fsp3) is 0.762. The Bertz CT molecular complexity index is 890. The van der Waals surface area contributed by atoms with Gasteiger partial charge in [0.1, 0.15) is 6.54 Å². The molecule has 0 aliphatic carbocycles. The highest BCUT2D eigenvalue weighted by Gasteiger charge is 2.59. The second-order valence-electron chi connectivity index (χ2n) is 10.0. The van der Waals surface area contributed by atoms with Crippen LogP contribution in [0, 0.1) is 16.7 Å². The van der Waals surface area contributed by atoms with E-state index in [1.54, 1.807) is 7.05 Å². The second-order valence-corrected chi connectivity index (χ2v) is 10.0. The summed E-state index contributed by atoms with van der Waals surface area (Å²) in [4.78, 5) is 44.1. The van der Waals surface area contributed by atoms with E-state index < -0.39 is 23.7 Å². The summed E-state index contributed by atoms with van der Waals surface area (Å²) in [6, 6.07) is -1.76. The molecule has 4 fully saturated rings. The summed E-state index contributed by atoms with van der Waals surface area (Å²) in [7, 11) is 1.57. The zero-order chi connectivity index (χ0) is 24.8. The second kappa shape index (κ2) is 8.84. The Morgan fingerprint density at radius 2 is 1.91 bits per heavy atom. The number of carbonyl (C=O) groups excluding carboxylic acids is 3. The molecule has 0 radical (unpaired) electrons. The predicted octanol–water partition coefficient (Wildman–Crippen LogP) is -1.09. The first-order valence-electron chi connectivity index (χ1n) is 11.9. The number of amides is 5. The van der Waals surface area contributed by atoms with Crippen LogP contribution in [0.3, 0.4) is 0 Å². The Labute approximate surface area is 199 Å². The Morgan fingerprint density at radius 3 is 2.50 bits per heavy atom. The average Bonchev–Trinajstić information content (AvgIpc) is 3.19. The van der Waals surface area contributed by atoms with Crippen LogP contribution in [0.1, 0.15) is 33.1 Å². The monoisotopic (exact) mass is 476 g/mol. The van der Waals surface area contributed by atoms with E-state index >= 15 is 0 Å². The van der Waals surface area contributed by atoms with Crippen molar-refractivity contribution in [1.29, 1.82) is 10.8 Å². The lowest BCUT2D eigenvalue weighted by Gasteiger charge is -2.53. The molecule has 4 aliphatic heterocycles. The molecule has 7 N–H and O–H groups in total. The van der Waals surface area contributed by atoms with Gasteiger partial charge in [0.15, 0.2) is 11.9 Å². The van der Waals surface area contributed by atoms with E-state index in [2.05, 4.69) is 16.0 Å². The van der Waals surface area contributed by atoms with Crippen LogP contribution in [-0.2, 0) is 4.79 Å². The molecule has 188 valence electrons. The van der Waals surface area contributed by atoms with E-state index in [-0.39, 0.29) is 48.9 Å². The minimum Gasteiger partial charge on any atom is -0.370 e. The van der Waals surface area contributed by atoms with Crippen LogP contribution in [0.2, 0.25) is 0 Å². The number of rotatable bonds is 4. The molecule has 0 spiro atoms. The lowest BCUT2D eigenvalue weighted by Crippen LogP contribution is -2.76. The molecule has 13 heteroatoms. The molecule has 5 amide bonds. The van der Waals surface area contributed by atoms with Crippen molar-refractivity contribution < 1.29 is 14.4 Å². The Kier molecular flexibility index (Phi) is 6.21. The molecule has 0 aromatic carbocycles. The van der Waals surface area contributed by atoms with Crippen LogP contribution >= 0.6 is 0 Å². The van der Waals surface area contributed by atoms with Gasteiger partial charge in [-0.05, 0) is 26.2 Å². The number of hydrogen-bond donors (Lipinski definition) is 6. The lowest BCUT2D eigenvalue weighted by molar-refractivity contribution is -0.125. The van der Waals surface area contributed by atoms with Crippen molar-refractivity contribution in [3.05, 3.63) is 0 Å². The molecular weight excluding hydrogens is 440 g/mol. The standard InChI is InChI=1S/C21H36N10O3/c1-12-13(26-19(33)29-7-5-4-6-8-29)10-31-18(24)25-14(16(21(12,31)2)27-17(22)23)9-30-15(32)11-28(3)20(30)34/h12-14,16H,4-11H2,1-3H3,(H2,24,25)(H,26,33)(H4,22,23,27)/t12?,13?,14-,16?,21?/m0/s1. The maximum atomic E-state index is 12.9. The maximum absolute atomic E-state index is 12.9. The van der Waals surface area contributed by atoms with Crippen molar-refractivity contribution in [2.75, 3.05) is 39.8 Å². The number of piperidine rings is 1. The molecule has 0 bridgehead atoms. The SMILES string of the molecule is CC1C(NC(=O)N2CCCCC2)CN2C(=N)N[C@@H](CN3C(=O)CN(C)C3=O)C(NC(=N)N)C12C. The number of nitrogens with one attached hydrogen (secondary N) is 5. The Hall–Kier alpha value is -3.25. The minimum absolute atomic E-state index is 0.0121. The summed E-state index contributed by atoms with van der Waals surface area (Å²) in [6.45, 7) is 5.96. The molecule has 0 saturated carbocycles. The summed E-state index contributed by atoms with van der Waals surface area (Å²) in [6.07, 6.45) is 3.14. The van der Waals surface area contributed by atoms with E-state index in [1.807, 2.05) is 23.6 Å². The largest absolute Gasteiger partial charge is 0.370 e. The molecule has 13 nitrogen and oxygen atoms in total. The van der Waals surface area contributed by atoms with Gasteiger partial charge >= 0.3 is 12.1 Å². The smallest absolute Gasteiger partial charge is 0.327 e. The summed E-state index contributed by atoms with van der Waals surface area (Å²) < 4.78 is 0. The van der Waals surface area contributed by atoms with Gasteiger partial charge in [-0.2, -0.15) is 0 Å². The summed E-state index contributed by atoms with van der Waals surface area (Å²) in [5.41, 5.74) is 5.03. The molecular formula is C21H36N10O3. The van der Waals surface area contributed by atoms with E-state index in [0.717, 1.165) is 32.4 Å². The molecule has 0 aromatic heterocycles. The zero-order valence-electron chi connectivity index (χ0n) is 20.1. The van der Waals surface area contributed by atoms with Crippen LogP contribution in [0.5, 0.6) is 0 Å². The molecule has 4 unspecified atom stereocenters. The normalized spacial score (nSPS) is 33.7. The number of imide groups is 1. The minimum atomic E-state index is -0.712. The summed E-state index contributed by atoms with van der Waals surface area (Å²) in [5, 5.41) is 25.9. The van der Waals surface area contributed by atoms with E-state index in [0.29, 0.717) is 6.54 Å². The summed E-state index contributed by atoms with van der Waals surface area (Å²) in [5.74, 6) is -0.504. The third-order valence-electron chi connectivity index (χ3n) is 7.98. The van der Waals surface area contributed by atoms with Crippen LogP contribution < -0.4 is 21.7 Å². The number of carbonyl (C=O) groups is 3.